The van der Waals surface area contributed by atoms with E-state index in [0.717, 1.165) is 22.3 Å². The summed E-state index contributed by atoms with van der Waals surface area (Å²) in [5.74, 6) is 0.571. The fourth-order valence-electron chi connectivity index (χ4n) is 1.72. The van der Waals surface area contributed by atoms with E-state index in [1.165, 1.54) is 5.69 Å². The Labute approximate surface area is 117 Å². The zero-order chi connectivity index (χ0) is 12.8. The molecule has 0 saturated heterocycles. The van der Waals surface area contributed by atoms with Crippen LogP contribution in [0.25, 0.3) is 0 Å². The fourth-order valence-corrected chi connectivity index (χ4v) is 2.60. The summed E-state index contributed by atoms with van der Waals surface area (Å²) in [5.41, 5.74) is 7.70. The van der Waals surface area contributed by atoms with Crippen LogP contribution < -0.4 is 10.6 Å². The molecule has 0 aliphatic rings. The highest BCUT2D eigenvalue weighted by Crippen LogP contribution is 2.25. The number of benzene rings is 1. The molecule has 0 aliphatic heterocycles. The lowest BCUT2D eigenvalue weighted by molar-refractivity contribution is 0.611. The molecule has 4 heteroatoms. The lowest BCUT2D eigenvalue weighted by Crippen LogP contribution is -2.29. The first-order valence-corrected chi connectivity index (χ1v) is 6.79. The standard InChI is InChI=1S/C13H18IN3/c1-10(2)9-17(7-3-6-15)13-5-4-11(16)8-12(13)14/h4-5,8,10H,3,7,9,16H2,1-2H3. The van der Waals surface area contributed by atoms with Crippen LogP contribution in [0.5, 0.6) is 0 Å². The molecule has 0 fully saturated rings. The minimum Gasteiger partial charge on any atom is -0.399 e. The second-order valence-corrected chi connectivity index (χ2v) is 5.62. The van der Waals surface area contributed by atoms with Crippen molar-refractivity contribution in [1.82, 2.24) is 0 Å². The molecule has 17 heavy (non-hydrogen) atoms. The first-order chi connectivity index (χ1) is 8.04. The van der Waals surface area contributed by atoms with E-state index >= 15 is 0 Å². The van der Waals surface area contributed by atoms with Crippen LogP contribution in [0.1, 0.15) is 20.3 Å². The largest absolute Gasteiger partial charge is 0.399 e. The Morgan fingerprint density at radius 3 is 2.71 bits per heavy atom. The van der Waals surface area contributed by atoms with Crippen LogP contribution in [-0.2, 0) is 0 Å². The van der Waals surface area contributed by atoms with Crippen molar-refractivity contribution in [2.75, 3.05) is 23.7 Å². The number of nitrogen functional groups attached to an aromatic ring is 1. The lowest BCUT2D eigenvalue weighted by Gasteiger charge is -2.27. The van der Waals surface area contributed by atoms with Crippen molar-refractivity contribution in [3.63, 3.8) is 0 Å². The van der Waals surface area contributed by atoms with E-state index in [1.807, 2.05) is 18.2 Å². The Balaban J connectivity index is 2.91. The fraction of sp³-hybridized carbons (Fsp3) is 0.462. The summed E-state index contributed by atoms with van der Waals surface area (Å²) in [4.78, 5) is 2.26. The van der Waals surface area contributed by atoms with Crippen LogP contribution in [0.2, 0.25) is 0 Å². The molecule has 92 valence electrons. The topological polar surface area (TPSA) is 53.0 Å². The smallest absolute Gasteiger partial charge is 0.0640 e. The number of nitrogens with zero attached hydrogens (tertiary/aromatic N) is 2. The molecular formula is C13H18IN3. The minimum atomic E-state index is 0.549. The average Bonchev–Trinajstić information content (AvgIpc) is 2.24. The number of nitrogens with two attached hydrogens (primary N) is 1. The summed E-state index contributed by atoms with van der Waals surface area (Å²) in [6.07, 6.45) is 0.549. The Morgan fingerprint density at radius 1 is 1.47 bits per heavy atom. The zero-order valence-electron chi connectivity index (χ0n) is 10.3. The molecular weight excluding hydrogens is 325 g/mol. The summed E-state index contributed by atoms with van der Waals surface area (Å²) in [5, 5.41) is 8.71. The molecule has 0 unspecified atom stereocenters. The van der Waals surface area contributed by atoms with Crippen LogP contribution in [-0.4, -0.2) is 13.1 Å². The van der Waals surface area contributed by atoms with Crippen molar-refractivity contribution in [2.45, 2.75) is 20.3 Å². The van der Waals surface area contributed by atoms with Gasteiger partial charge < -0.3 is 10.6 Å². The van der Waals surface area contributed by atoms with Gasteiger partial charge in [0, 0.05) is 22.3 Å². The molecule has 3 nitrogen and oxygen atoms in total. The van der Waals surface area contributed by atoms with Gasteiger partial charge in [-0.05, 0) is 46.7 Å². The average molecular weight is 343 g/mol. The molecule has 0 heterocycles. The first-order valence-electron chi connectivity index (χ1n) is 5.71. The third kappa shape index (κ3) is 4.43. The van der Waals surface area contributed by atoms with E-state index in [0.29, 0.717) is 12.3 Å². The van der Waals surface area contributed by atoms with Crippen LogP contribution in [0.15, 0.2) is 18.2 Å². The van der Waals surface area contributed by atoms with E-state index in [2.05, 4.69) is 47.4 Å². The molecule has 0 spiro atoms. The monoisotopic (exact) mass is 343 g/mol. The molecule has 1 aromatic rings. The maximum atomic E-state index is 8.71. The van der Waals surface area contributed by atoms with Crippen molar-refractivity contribution in [2.24, 2.45) is 5.92 Å². The molecule has 0 atom stereocenters. The van der Waals surface area contributed by atoms with E-state index in [1.54, 1.807) is 0 Å². The quantitative estimate of drug-likeness (QED) is 0.660. The third-order valence-electron chi connectivity index (χ3n) is 2.39. The van der Waals surface area contributed by atoms with Gasteiger partial charge in [0.15, 0.2) is 0 Å². The van der Waals surface area contributed by atoms with Crippen LogP contribution in [0.3, 0.4) is 0 Å². The highest BCUT2D eigenvalue weighted by atomic mass is 127. The number of anilines is 2. The summed E-state index contributed by atoms with van der Waals surface area (Å²) in [6.45, 7) is 6.10. The van der Waals surface area contributed by atoms with Gasteiger partial charge in [-0.1, -0.05) is 13.8 Å². The third-order valence-corrected chi connectivity index (χ3v) is 3.26. The van der Waals surface area contributed by atoms with E-state index in [9.17, 15) is 0 Å². The zero-order valence-corrected chi connectivity index (χ0v) is 12.4. The number of halogens is 1. The Kier molecular flexibility index (Phi) is 5.56. The molecule has 0 aliphatic carbocycles. The van der Waals surface area contributed by atoms with Crippen molar-refractivity contribution in [1.29, 1.82) is 5.26 Å². The Morgan fingerprint density at radius 2 is 2.18 bits per heavy atom. The molecule has 0 bridgehead atoms. The summed E-state index contributed by atoms with van der Waals surface area (Å²) >= 11 is 2.30. The maximum absolute atomic E-state index is 8.71. The summed E-state index contributed by atoms with van der Waals surface area (Å²) in [7, 11) is 0. The van der Waals surface area contributed by atoms with Crippen molar-refractivity contribution >= 4 is 34.0 Å². The minimum absolute atomic E-state index is 0.549. The summed E-state index contributed by atoms with van der Waals surface area (Å²) in [6, 6.07) is 8.12. The number of hydrogen-bond acceptors (Lipinski definition) is 3. The molecule has 1 aromatic carbocycles. The van der Waals surface area contributed by atoms with Crippen LogP contribution in [0.4, 0.5) is 11.4 Å². The predicted molar refractivity (Wildman–Crippen MR) is 80.9 cm³/mol. The van der Waals surface area contributed by atoms with Gasteiger partial charge in [0.05, 0.1) is 18.2 Å². The molecule has 0 amide bonds. The number of rotatable bonds is 5. The van der Waals surface area contributed by atoms with Gasteiger partial charge in [0.25, 0.3) is 0 Å². The van der Waals surface area contributed by atoms with Gasteiger partial charge in [0.1, 0.15) is 0 Å². The van der Waals surface area contributed by atoms with Gasteiger partial charge in [-0.3, -0.25) is 0 Å². The van der Waals surface area contributed by atoms with Gasteiger partial charge in [-0.2, -0.15) is 5.26 Å². The molecule has 2 N–H and O–H groups in total. The second-order valence-electron chi connectivity index (χ2n) is 4.46. The Bertz CT molecular complexity index is 410. The summed E-state index contributed by atoms with van der Waals surface area (Å²) < 4.78 is 1.14. The van der Waals surface area contributed by atoms with Crippen LogP contribution >= 0.6 is 22.6 Å². The highest BCUT2D eigenvalue weighted by molar-refractivity contribution is 14.1. The molecule has 0 aromatic heterocycles. The van der Waals surface area contributed by atoms with E-state index < -0.39 is 0 Å². The Hall–Kier alpha value is -0.960. The number of nitriles is 1. The van der Waals surface area contributed by atoms with Gasteiger partial charge in [-0.25, -0.2) is 0 Å². The first kappa shape index (κ1) is 14.1. The van der Waals surface area contributed by atoms with Crippen LogP contribution in [0, 0.1) is 20.8 Å². The van der Waals surface area contributed by atoms with Gasteiger partial charge in [-0.15, -0.1) is 0 Å². The van der Waals surface area contributed by atoms with Gasteiger partial charge >= 0.3 is 0 Å². The second kappa shape index (κ2) is 6.70. The molecule has 1 rings (SSSR count). The van der Waals surface area contributed by atoms with Crippen molar-refractivity contribution in [3.05, 3.63) is 21.8 Å². The maximum Gasteiger partial charge on any atom is 0.0640 e. The van der Waals surface area contributed by atoms with Crippen molar-refractivity contribution < 1.29 is 0 Å². The SMILES string of the molecule is CC(C)CN(CCC#N)c1ccc(N)cc1I. The number of hydrogen-bond donors (Lipinski definition) is 1. The van der Waals surface area contributed by atoms with Gasteiger partial charge in [0.2, 0.25) is 0 Å². The van der Waals surface area contributed by atoms with E-state index in [4.69, 9.17) is 11.0 Å². The normalized spacial score (nSPS) is 10.3. The molecule has 0 radical (unpaired) electrons. The van der Waals surface area contributed by atoms with E-state index in [-0.39, 0.29) is 0 Å². The lowest BCUT2D eigenvalue weighted by atomic mass is 10.1. The highest BCUT2D eigenvalue weighted by Gasteiger charge is 2.11. The molecule has 0 saturated carbocycles. The van der Waals surface area contributed by atoms with Crippen molar-refractivity contribution in [3.8, 4) is 6.07 Å². The predicted octanol–water partition coefficient (Wildman–Crippen LogP) is 3.25.